The molecular formula is C43H56O13. The van der Waals surface area contributed by atoms with Gasteiger partial charge in [-0.15, -0.1) is 0 Å². The molecule has 2 aromatic rings. The highest BCUT2D eigenvalue weighted by atomic mass is 16.6. The first-order valence-corrected chi connectivity index (χ1v) is 18.7. The summed E-state index contributed by atoms with van der Waals surface area (Å²) in [7, 11) is 1.98. The first kappa shape index (κ1) is 46.7. The maximum Gasteiger partial charge on any atom is 0.417 e. The van der Waals surface area contributed by atoms with Crippen LogP contribution in [0.15, 0.2) is 60.7 Å². The molecule has 0 saturated heterocycles. The van der Waals surface area contributed by atoms with Gasteiger partial charge in [0.2, 0.25) is 0 Å². The van der Waals surface area contributed by atoms with Crippen LogP contribution in [0.5, 0.6) is 5.75 Å². The van der Waals surface area contributed by atoms with Gasteiger partial charge in [-0.1, -0.05) is 77.0 Å². The van der Waals surface area contributed by atoms with E-state index in [-0.39, 0.29) is 17.8 Å². The van der Waals surface area contributed by atoms with Crippen molar-refractivity contribution in [3.8, 4) is 16.9 Å². The molecule has 2 aromatic carbocycles. The van der Waals surface area contributed by atoms with Gasteiger partial charge in [0.1, 0.15) is 37.6 Å². The molecule has 0 N–H and O–H groups in total. The Hall–Kier alpha value is -5.46. The highest BCUT2D eigenvalue weighted by Gasteiger charge is 2.39. The lowest BCUT2D eigenvalue weighted by atomic mass is 9.91. The molecule has 0 bridgehead atoms. The summed E-state index contributed by atoms with van der Waals surface area (Å²) in [6.45, 7) is 12.3. The predicted octanol–water partition coefficient (Wildman–Crippen LogP) is 6.40. The Balaban J connectivity index is 2.55. The number of carbonyl (C=O) groups excluding carboxylic acids is 6. The molecule has 2 rings (SSSR count). The molecule has 0 radical (unpaired) electrons. The van der Waals surface area contributed by atoms with Gasteiger partial charge >= 0.3 is 35.8 Å². The van der Waals surface area contributed by atoms with Crippen molar-refractivity contribution in [2.24, 2.45) is 5.41 Å². The second kappa shape index (κ2) is 24.1. The van der Waals surface area contributed by atoms with Crippen LogP contribution in [0.4, 0.5) is 0 Å². The Morgan fingerprint density at radius 3 is 1.71 bits per heavy atom. The third-order valence-electron chi connectivity index (χ3n) is 8.78. The fraction of sp³-hybridized carbons (Fsp3) is 0.488. The minimum absolute atomic E-state index is 0.0506. The summed E-state index contributed by atoms with van der Waals surface area (Å²) in [5.41, 5.74) is 3.84. The summed E-state index contributed by atoms with van der Waals surface area (Å²) in [6, 6.07) is 12.2. The van der Waals surface area contributed by atoms with E-state index < -0.39 is 67.7 Å². The fourth-order valence-electron chi connectivity index (χ4n) is 5.49. The van der Waals surface area contributed by atoms with Crippen molar-refractivity contribution >= 4 is 35.8 Å². The van der Waals surface area contributed by atoms with Crippen molar-refractivity contribution in [3.05, 3.63) is 77.4 Å². The molecule has 0 amide bonds. The highest BCUT2D eigenvalue weighted by molar-refractivity contribution is 6.30. The van der Waals surface area contributed by atoms with Crippen molar-refractivity contribution in [2.75, 3.05) is 47.3 Å². The first-order valence-electron chi connectivity index (χ1n) is 18.7. The smallest absolute Gasteiger partial charge is 0.417 e. The Morgan fingerprint density at radius 1 is 0.589 bits per heavy atom. The first-order chi connectivity index (χ1) is 26.7. The summed E-state index contributed by atoms with van der Waals surface area (Å²) in [6.07, 6.45) is 8.64. The molecule has 0 spiro atoms. The maximum atomic E-state index is 12.5. The molecule has 306 valence electrons. The Bertz CT molecular complexity index is 1680. The normalized spacial score (nSPS) is 10.8. The minimum Gasteiger partial charge on any atom is -0.492 e. The lowest BCUT2D eigenvalue weighted by Gasteiger charge is -2.32. The lowest BCUT2D eigenvalue weighted by Crippen LogP contribution is -2.45. The van der Waals surface area contributed by atoms with E-state index in [1.807, 2.05) is 12.1 Å². The van der Waals surface area contributed by atoms with Crippen molar-refractivity contribution in [3.63, 3.8) is 0 Å². The highest BCUT2D eigenvalue weighted by Crippen LogP contribution is 2.33. The Morgan fingerprint density at radius 2 is 1.16 bits per heavy atom. The molecular weight excluding hydrogens is 724 g/mol. The second-order valence-electron chi connectivity index (χ2n) is 13.6. The van der Waals surface area contributed by atoms with Gasteiger partial charge in [-0.25, -0.2) is 28.8 Å². The summed E-state index contributed by atoms with van der Waals surface area (Å²) >= 11 is 0. The van der Waals surface area contributed by atoms with Crippen LogP contribution in [0, 0.1) is 5.41 Å². The average Bonchev–Trinajstić information content (AvgIpc) is 3.20. The molecule has 0 aromatic heterocycles. The molecule has 0 aliphatic heterocycles. The van der Waals surface area contributed by atoms with Gasteiger partial charge < -0.3 is 33.2 Å². The molecule has 0 aliphatic carbocycles. The number of methoxy groups -OCH3 is 2. The van der Waals surface area contributed by atoms with E-state index in [0.717, 1.165) is 50.2 Å². The van der Waals surface area contributed by atoms with Crippen molar-refractivity contribution in [2.45, 2.75) is 85.5 Å². The number of ether oxygens (including phenoxy) is 7. The Kier molecular flexibility index (Phi) is 20.1. The van der Waals surface area contributed by atoms with E-state index in [2.05, 4.69) is 54.7 Å². The molecule has 0 fully saturated rings. The number of benzene rings is 2. The van der Waals surface area contributed by atoms with E-state index in [1.165, 1.54) is 43.7 Å². The molecule has 0 aliphatic rings. The second-order valence-corrected chi connectivity index (χ2v) is 13.6. The fourth-order valence-corrected chi connectivity index (χ4v) is 5.49. The van der Waals surface area contributed by atoms with Crippen LogP contribution in [0.1, 0.15) is 82.9 Å². The third-order valence-corrected chi connectivity index (χ3v) is 8.78. The average molecular weight is 781 g/mol. The van der Waals surface area contributed by atoms with Crippen LogP contribution in [-0.2, 0) is 76.5 Å². The van der Waals surface area contributed by atoms with Crippen LogP contribution < -0.4 is 4.74 Å². The standard InChI is InChI=1S/C43H56O13/c1-9-11-12-13-14-16-31-18-20-35(32(10-2)23-31)33-19-21-36(34(24-33)17-15-22-52-37(44)29(3)4)53-25-43(26-54-38(45)30(5)6,27-55-41(48)39(46)50-7)28-56-42(49)40(47)51-8/h18-21,23-24H,3,5,9-17,22,25-28H2,1-2,4,6-8H3. The summed E-state index contributed by atoms with van der Waals surface area (Å²) in [5, 5.41) is 0. The molecule has 0 heterocycles. The monoisotopic (exact) mass is 780 g/mol. The van der Waals surface area contributed by atoms with Crippen molar-refractivity contribution in [1.29, 1.82) is 0 Å². The van der Waals surface area contributed by atoms with Crippen molar-refractivity contribution in [1.82, 2.24) is 0 Å². The van der Waals surface area contributed by atoms with E-state index in [9.17, 15) is 28.8 Å². The zero-order valence-electron chi connectivity index (χ0n) is 33.6. The zero-order chi connectivity index (χ0) is 41.7. The molecule has 56 heavy (non-hydrogen) atoms. The number of hydrogen-bond acceptors (Lipinski definition) is 13. The predicted molar refractivity (Wildman–Crippen MR) is 207 cm³/mol. The van der Waals surface area contributed by atoms with E-state index >= 15 is 0 Å². The van der Waals surface area contributed by atoms with Gasteiger partial charge in [0.25, 0.3) is 0 Å². The molecule has 0 unspecified atom stereocenters. The van der Waals surface area contributed by atoms with Gasteiger partial charge in [0.05, 0.1) is 20.8 Å². The summed E-state index contributed by atoms with van der Waals surface area (Å²) < 4.78 is 36.4. The number of esters is 6. The largest absolute Gasteiger partial charge is 0.492 e. The topological polar surface area (TPSA) is 167 Å². The van der Waals surface area contributed by atoms with Crippen LogP contribution in [0.25, 0.3) is 11.1 Å². The number of hydrogen-bond donors (Lipinski definition) is 0. The van der Waals surface area contributed by atoms with Crippen LogP contribution in [0.3, 0.4) is 0 Å². The third kappa shape index (κ3) is 15.3. The molecule has 0 atom stereocenters. The minimum atomic E-state index is -1.66. The van der Waals surface area contributed by atoms with Gasteiger partial charge in [-0.05, 0) is 85.9 Å². The molecule has 13 nitrogen and oxygen atoms in total. The number of unbranched alkanes of at least 4 members (excludes halogenated alkanes) is 4. The zero-order valence-corrected chi connectivity index (χ0v) is 33.6. The van der Waals surface area contributed by atoms with Crippen LogP contribution >= 0.6 is 0 Å². The summed E-state index contributed by atoms with van der Waals surface area (Å²) in [4.78, 5) is 73.1. The van der Waals surface area contributed by atoms with Gasteiger partial charge in [-0.3, -0.25) is 0 Å². The number of aryl methyl sites for hydroxylation is 3. The lowest BCUT2D eigenvalue weighted by molar-refractivity contribution is -0.177. The van der Waals surface area contributed by atoms with Crippen LogP contribution in [0.2, 0.25) is 0 Å². The van der Waals surface area contributed by atoms with Crippen LogP contribution in [-0.4, -0.2) is 83.1 Å². The number of carbonyl (C=O) groups is 6. The summed E-state index contributed by atoms with van der Waals surface area (Å²) in [5.74, 6) is -6.29. The van der Waals surface area contributed by atoms with Gasteiger partial charge in [-0.2, -0.15) is 0 Å². The van der Waals surface area contributed by atoms with Gasteiger partial charge in [0.15, 0.2) is 0 Å². The maximum absolute atomic E-state index is 12.5. The molecule has 0 saturated carbocycles. The SMILES string of the molecule is C=C(C)C(=O)OCCCc1cc(-c2ccc(CCCCCCC)cc2CC)ccc1OCC(COC(=O)C(=C)C)(COC(=O)C(=O)OC)COC(=O)C(=O)OC. The quantitative estimate of drug-likeness (QED) is 0.0400. The van der Waals surface area contributed by atoms with Gasteiger partial charge in [0, 0.05) is 11.1 Å². The van der Waals surface area contributed by atoms with E-state index in [0.29, 0.717) is 18.6 Å². The molecule has 13 heteroatoms. The van der Waals surface area contributed by atoms with Crippen molar-refractivity contribution < 1.29 is 61.9 Å². The van der Waals surface area contributed by atoms with E-state index in [1.54, 1.807) is 13.0 Å². The number of rotatable bonds is 23. The van der Waals surface area contributed by atoms with E-state index in [4.69, 9.17) is 23.7 Å². The Labute approximate surface area is 329 Å².